The van der Waals surface area contributed by atoms with Crippen LogP contribution in [0.5, 0.6) is 17.2 Å². The van der Waals surface area contributed by atoms with Gasteiger partial charge in [0.25, 0.3) is 17.7 Å². The first-order valence-corrected chi connectivity index (χ1v) is 13.6. The molecule has 13 heteroatoms. The van der Waals surface area contributed by atoms with Crippen molar-refractivity contribution in [3.05, 3.63) is 89.5 Å². The number of rotatable bonds is 13. The molecule has 3 rings (SSSR count). The quantitative estimate of drug-likeness (QED) is 0.180. The third-order valence-electron chi connectivity index (χ3n) is 5.32. The first kappa shape index (κ1) is 31.6. The maximum Gasteiger partial charge on any atom is 0.298 e. The van der Waals surface area contributed by atoms with Crippen LogP contribution in [0.3, 0.4) is 0 Å². The lowest BCUT2D eigenvalue weighted by molar-refractivity contribution is 0.0974. The number of carbonyl (C=O) groups excluding carboxylic acids is 3. The molecule has 215 valence electrons. The van der Waals surface area contributed by atoms with Gasteiger partial charge in [0, 0.05) is 0 Å². The Balaban J connectivity index is 1.90. The first-order chi connectivity index (χ1) is 20.3. The molecule has 3 amide bonds. The Hall–Kier alpha value is -4.91. The van der Waals surface area contributed by atoms with Gasteiger partial charge in [0.05, 0.1) is 36.5 Å². The number of hydrogen-bond acceptors (Lipinski definition) is 9. The number of amides is 3. The fraction of sp³-hybridized carbons (Fsp3) is 0.276. The van der Waals surface area contributed by atoms with Crippen molar-refractivity contribution < 1.29 is 28.6 Å². The minimum Gasteiger partial charge on any atom is -0.493 e. The van der Waals surface area contributed by atoms with E-state index in [0.717, 1.165) is 0 Å². The van der Waals surface area contributed by atoms with Gasteiger partial charge in [0.1, 0.15) is 34.0 Å². The smallest absolute Gasteiger partial charge is 0.298 e. The van der Waals surface area contributed by atoms with Crippen molar-refractivity contribution in [3.63, 3.8) is 0 Å². The summed E-state index contributed by atoms with van der Waals surface area (Å²) in [5, 5.41) is 21.2. The van der Waals surface area contributed by atoms with E-state index in [4.69, 9.17) is 14.2 Å². The van der Waals surface area contributed by atoms with E-state index in [0.29, 0.717) is 37.1 Å². The van der Waals surface area contributed by atoms with Crippen molar-refractivity contribution in [2.75, 3.05) is 26.4 Å². The Morgan fingerprint density at radius 1 is 0.595 bits per heavy atom. The monoisotopic (exact) mass is 585 g/mol. The highest BCUT2D eigenvalue weighted by molar-refractivity contribution is 6.15. The number of benzene rings is 3. The molecule has 3 aromatic rings. The molecule has 0 spiro atoms. The van der Waals surface area contributed by atoms with E-state index in [9.17, 15) is 14.4 Å². The SMILES string of the molecule is CCOc1ccccc1C(=O)N=NCC([Si])(N=NC(=O)c1ccccc1OCC)N=NC(=O)c1ccccc1OCC. The van der Waals surface area contributed by atoms with Crippen LogP contribution in [-0.2, 0) is 0 Å². The molecule has 0 saturated heterocycles. The lowest BCUT2D eigenvalue weighted by Crippen LogP contribution is -2.28. The Morgan fingerprint density at radius 3 is 1.29 bits per heavy atom. The molecule has 0 aliphatic carbocycles. The van der Waals surface area contributed by atoms with Crippen molar-refractivity contribution in [3.8, 4) is 17.2 Å². The number of hydrogen-bond donors (Lipinski definition) is 0. The molecule has 0 aliphatic rings. The zero-order valence-corrected chi connectivity index (χ0v) is 24.4. The Kier molecular flexibility index (Phi) is 11.9. The molecular weight excluding hydrogens is 556 g/mol. The van der Waals surface area contributed by atoms with Crippen LogP contribution in [0.4, 0.5) is 0 Å². The lowest BCUT2D eigenvalue weighted by Gasteiger charge is -2.14. The Morgan fingerprint density at radius 2 is 0.929 bits per heavy atom. The van der Waals surface area contributed by atoms with Crippen LogP contribution >= 0.6 is 0 Å². The summed E-state index contributed by atoms with van der Waals surface area (Å²) in [6.45, 7) is 5.94. The van der Waals surface area contributed by atoms with Crippen LogP contribution in [0, 0.1) is 0 Å². The summed E-state index contributed by atoms with van der Waals surface area (Å²) in [5.74, 6) is -1.14. The summed E-state index contributed by atoms with van der Waals surface area (Å²) in [7, 11) is 3.32. The molecule has 0 unspecified atom stereocenters. The van der Waals surface area contributed by atoms with Crippen molar-refractivity contribution in [1.82, 2.24) is 0 Å². The van der Waals surface area contributed by atoms with Gasteiger partial charge < -0.3 is 14.2 Å². The maximum absolute atomic E-state index is 12.9. The topological polar surface area (TPSA) is 153 Å². The number of ether oxygens (including phenoxy) is 3. The minimum atomic E-state index is -1.87. The number of carbonyl (C=O) groups is 3. The Labute approximate surface area is 246 Å². The summed E-state index contributed by atoms with van der Waals surface area (Å²) in [6.07, 6.45) is 0. The predicted octanol–water partition coefficient (Wildman–Crippen LogP) is 5.88. The molecule has 0 bridgehead atoms. The molecule has 0 N–H and O–H groups in total. The minimum absolute atomic E-state index is 0.167. The first-order valence-electron chi connectivity index (χ1n) is 13.1. The van der Waals surface area contributed by atoms with Gasteiger partial charge in [-0.3, -0.25) is 14.4 Å². The lowest BCUT2D eigenvalue weighted by atomic mass is 10.2. The van der Waals surface area contributed by atoms with Gasteiger partial charge in [-0.25, -0.2) is 0 Å². The number of nitrogens with zero attached hydrogens (tertiary/aromatic N) is 6. The molecule has 3 aromatic carbocycles. The zero-order valence-electron chi connectivity index (χ0n) is 23.4. The summed E-state index contributed by atoms with van der Waals surface area (Å²) in [5.41, 5.74) is 0.538. The predicted molar refractivity (Wildman–Crippen MR) is 154 cm³/mol. The second-order valence-corrected chi connectivity index (χ2v) is 9.12. The summed E-state index contributed by atoms with van der Waals surface area (Å²) < 4.78 is 16.5. The second-order valence-electron chi connectivity index (χ2n) is 8.32. The molecular formula is C29H29N6O6Si. The average Bonchev–Trinajstić information content (AvgIpc) is 3.00. The van der Waals surface area contributed by atoms with Gasteiger partial charge in [0.15, 0.2) is 5.29 Å². The highest BCUT2D eigenvalue weighted by Crippen LogP contribution is 2.23. The molecule has 0 fully saturated rings. The van der Waals surface area contributed by atoms with Crippen LogP contribution in [0.15, 0.2) is 103 Å². The van der Waals surface area contributed by atoms with Gasteiger partial charge >= 0.3 is 0 Å². The third-order valence-corrected chi connectivity index (χ3v) is 5.68. The summed E-state index contributed by atoms with van der Waals surface area (Å²) >= 11 is 0. The molecule has 0 heterocycles. The third kappa shape index (κ3) is 8.79. The van der Waals surface area contributed by atoms with Crippen LogP contribution in [0.2, 0.25) is 0 Å². The number of azo groups is 3. The fourth-order valence-corrected chi connectivity index (χ4v) is 3.64. The van der Waals surface area contributed by atoms with Crippen molar-refractivity contribution in [2.24, 2.45) is 30.7 Å². The van der Waals surface area contributed by atoms with E-state index in [1.54, 1.807) is 81.4 Å². The normalized spacial score (nSPS) is 12.9. The van der Waals surface area contributed by atoms with E-state index in [1.807, 2.05) is 0 Å². The van der Waals surface area contributed by atoms with Crippen molar-refractivity contribution in [2.45, 2.75) is 26.1 Å². The average molecular weight is 586 g/mol. The highest BCUT2D eigenvalue weighted by Gasteiger charge is 2.26. The van der Waals surface area contributed by atoms with Gasteiger partial charge in [-0.15, -0.1) is 15.3 Å². The van der Waals surface area contributed by atoms with Crippen LogP contribution in [0.25, 0.3) is 0 Å². The second kappa shape index (κ2) is 15.8. The van der Waals surface area contributed by atoms with Gasteiger partial charge in [-0.2, -0.15) is 15.3 Å². The van der Waals surface area contributed by atoms with E-state index < -0.39 is 29.6 Å². The molecule has 0 aromatic heterocycles. The standard InChI is InChI=1S/C29H29N6O6Si/c1-4-39-23-16-10-7-13-20(23)26(36)31-30-19-29(42,34-32-27(37)21-14-8-11-17-24(21)40-5-2)35-33-28(38)22-15-9-12-18-25(22)41-6-3/h7-18H,4-6,19H2,1-3H3. The van der Waals surface area contributed by atoms with E-state index in [1.165, 1.54) is 12.1 Å². The molecule has 12 nitrogen and oxygen atoms in total. The maximum atomic E-state index is 12.9. The van der Waals surface area contributed by atoms with Crippen LogP contribution in [-0.4, -0.2) is 59.6 Å². The number of para-hydroxylation sites is 3. The zero-order chi connectivity index (χ0) is 30.4. The van der Waals surface area contributed by atoms with Crippen molar-refractivity contribution in [1.29, 1.82) is 0 Å². The molecule has 0 aliphatic heterocycles. The van der Waals surface area contributed by atoms with Gasteiger partial charge in [0.2, 0.25) is 0 Å². The summed E-state index contributed by atoms with van der Waals surface area (Å²) in [4.78, 5) is 38.5. The molecule has 0 saturated carbocycles. The van der Waals surface area contributed by atoms with Crippen LogP contribution < -0.4 is 14.2 Å². The molecule has 0 atom stereocenters. The molecule has 3 radical (unpaired) electrons. The molecule has 42 heavy (non-hydrogen) atoms. The van der Waals surface area contributed by atoms with E-state index in [2.05, 4.69) is 40.9 Å². The van der Waals surface area contributed by atoms with E-state index in [-0.39, 0.29) is 16.7 Å². The Bertz CT molecular complexity index is 1420. The largest absolute Gasteiger partial charge is 0.493 e. The van der Waals surface area contributed by atoms with Crippen molar-refractivity contribution >= 4 is 28.0 Å². The summed E-state index contributed by atoms with van der Waals surface area (Å²) in [6, 6.07) is 19.6. The van der Waals surface area contributed by atoms with Gasteiger partial charge in [-0.05, 0) is 57.2 Å². The highest BCUT2D eigenvalue weighted by atomic mass is 28.1. The van der Waals surface area contributed by atoms with Crippen LogP contribution in [0.1, 0.15) is 51.8 Å². The van der Waals surface area contributed by atoms with Gasteiger partial charge in [-0.1, -0.05) is 36.4 Å². The fourth-order valence-electron chi connectivity index (χ4n) is 3.47. The van der Waals surface area contributed by atoms with E-state index >= 15 is 0 Å².